The van der Waals surface area contributed by atoms with Gasteiger partial charge in [-0.15, -0.1) is 10.2 Å². The Morgan fingerprint density at radius 2 is 2.15 bits per heavy atom. The van der Waals surface area contributed by atoms with Gasteiger partial charge in [0.25, 0.3) is 0 Å². The third kappa shape index (κ3) is 2.63. The summed E-state index contributed by atoms with van der Waals surface area (Å²) in [5.41, 5.74) is 0.878. The summed E-state index contributed by atoms with van der Waals surface area (Å²) in [5.74, 6) is 0.758. The minimum atomic E-state index is 0.176. The molecule has 0 spiro atoms. The molecule has 1 fully saturated rings. The fourth-order valence-electron chi connectivity index (χ4n) is 2.82. The Labute approximate surface area is 122 Å². The van der Waals surface area contributed by atoms with Gasteiger partial charge in [0.05, 0.1) is 0 Å². The van der Waals surface area contributed by atoms with Gasteiger partial charge in [-0.3, -0.25) is 4.79 Å². The molecule has 1 aliphatic rings. The zero-order valence-electron chi connectivity index (χ0n) is 11.4. The molecule has 0 aliphatic carbocycles. The second-order valence-corrected chi connectivity index (χ2v) is 5.75. The summed E-state index contributed by atoms with van der Waals surface area (Å²) in [5, 5.41) is 9.52. The normalized spacial score (nSPS) is 16.8. The highest BCUT2D eigenvalue weighted by molar-refractivity contribution is 6.29. The number of piperidine rings is 1. The number of nitrogens with zero attached hydrogens (tertiary/aromatic N) is 4. The van der Waals surface area contributed by atoms with Crippen LogP contribution in [-0.2, 0) is 11.3 Å². The lowest BCUT2D eigenvalue weighted by Gasteiger charge is -2.31. The molecule has 5 nitrogen and oxygen atoms in total. The van der Waals surface area contributed by atoms with E-state index in [9.17, 15) is 4.79 Å². The second kappa shape index (κ2) is 5.40. The number of fused-ring (bicyclic) bond motifs is 1. The summed E-state index contributed by atoms with van der Waals surface area (Å²) in [6.07, 6.45) is 4.12. The smallest absolute Gasteiger partial charge is 0.219 e. The van der Waals surface area contributed by atoms with Crippen LogP contribution in [0.25, 0.3) is 11.0 Å². The van der Waals surface area contributed by atoms with E-state index < -0.39 is 0 Å². The Morgan fingerprint density at radius 1 is 1.40 bits per heavy atom. The molecule has 0 N–H and O–H groups in total. The number of carbonyl (C=O) groups is 1. The van der Waals surface area contributed by atoms with Crippen LogP contribution in [0.15, 0.2) is 18.3 Å². The topological polar surface area (TPSA) is 51.0 Å². The van der Waals surface area contributed by atoms with Crippen LogP contribution in [0.1, 0.15) is 19.8 Å². The molecule has 1 aliphatic heterocycles. The molecule has 0 radical (unpaired) electrons. The van der Waals surface area contributed by atoms with Crippen molar-refractivity contribution in [3.8, 4) is 0 Å². The van der Waals surface area contributed by atoms with E-state index in [0.29, 0.717) is 11.1 Å². The maximum atomic E-state index is 11.3. The average Bonchev–Trinajstić information content (AvgIpc) is 2.81. The van der Waals surface area contributed by atoms with E-state index in [1.54, 1.807) is 6.92 Å². The molecule has 2 aromatic heterocycles. The van der Waals surface area contributed by atoms with Gasteiger partial charge in [0, 0.05) is 38.1 Å². The molecule has 0 saturated carbocycles. The molecule has 106 valence electrons. The summed E-state index contributed by atoms with van der Waals surface area (Å²) in [4.78, 5) is 13.2. The fourth-order valence-corrected chi connectivity index (χ4v) is 2.97. The van der Waals surface area contributed by atoms with Gasteiger partial charge in [0.2, 0.25) is 5.91 Å². The summed E-state index contributed by atoms with van der Waals surface area (Å²) in [6, 6.07) is 3.85. The highest BCUT2D eigenvalue weighted by Gasteiger charge is 2.21. The lowest BCUT2D eigenvalue weighted by Crippen LogP contribution is -2.37. The van der Waals surface area contributed by atoms with Crippen LogP contribution in [0.2, 0.25) is 5.15 Å². The molecular weight excluding hydrogens is 276 g/mol. The minimum absolute atomic E-state index is 0.176. The van der Waals surface area contributed by atoms with E-state index >= 15 is 0 Å². The Bertz CT molecular complexity index is 631. The third-order valence-electron chi connectivity index (χ3n) is 3.99. The highest BCUT2D eigenvalue weighted by Crippen LogP contribution is 2.22. The summed E-state index contributed by atoms with van der Waals surface area (Å²) in [6.45, 7) is 4.28. The number of rotatable bonds is 2. The van der Waals surface area contributed by atoms with Crippen molar-refractivity contribution in [1.82, 2.24) is 19.7 Å². The van der Waals surface area contributed by atoms with Crippen molar-refractivity contribution in [3.05, 3.63) is 23.5 Å². The Hall–Kier alpha value is -1.62. The highest BCUT2D eigenvalue weighted by atomic mass is 35.5. The van der Waals surface area contributed by atoms with E-state index in [2.05, 4.69) is 14.8 Å². The molecule has 20 heavy (non-hydrogen) atoms. The first-order chi connectivity index (χ1) is 9.63. The van der Waals surface area contributed by atoms with Gasteiger partial charge < -0.3 is 9.47 Å². The monoisotopic (exact) mass is 292 g/mol. The molecule has 3 heterocycles. The van der Waals surface area contributed by atoms with Gasteiger partial charge >= 0.3 is 0 Å². The van der Waals surface area contributed by atoms with Crippen molar-refractivity contribution >= 4 is 28.5 Å². The van der Waals surface area contributed by atoms with Gasteiger partial charge in [-0.05, 0) is 30.9 Å². The van der Waals surface area contributed by atoms with Crippen molar-refractivity contribution in [3.63, 3.8) is 0 Å². The van der Waals surface area contributed by atoms with Crippen molar-refractivity contribution in [2.75, 3.05) is 13.1 Å². The number of likely N-dealkylation sites (tertiary alicyclic amines) is 1. The maximum Gasteiger partial charge on any atom is 0.219 e. The number of hydrogen-bond donors (Lipinski definition) is 0. The van der Waals surface area contributed by atoms with Gasteiger partial charge in [0.1, 0.15) is 0 Å². The largest absolute Gasteiger partial charge is 0.343 e. The Balaban J connectivity index is 1.70. The number of halogens is 1. The lowest BCUT2D eigenvalue weighted by atomic mass is 9.97. The lowest BCUT2D eigenvalue weighted by molar-refractivity contribution is -0.130. The molecule has 6 heteroatoms. The number of aromatic nitrogens is 3. The minimum Gasteiger partial charge on any atom is -0.343 e. The van der Waals surface area contributed by atoms with Crippen molar-refractivity contribution in [1.29, 1.82) is 0 Å². The van der Waals surface area contributed by atoms with Crippen molar-refractivity contribution < 1.29 is 4.79 Å². The van der Waals surface area contributed by atoms with E-state index in [0.717, 1.165) is 43.5 Å². The SMILES string of the molecule is CC(=O)N1CCC(Cn2ccc3cc(Cl)nnc32)CC1. The first kappa shape index (κ1) is 13.4. The Morgan fingerprint density at radius 3 is 2.85 bits per heavy atom. The molecule has 1 saturated heterocycles. The van der Waals surface area contributed by atoms with Crippen LogP contribution in [0.3, 0.4) is 0 Å². The quantitative estimate of drug-likeness (QED) is 0.854. The predicted molar refractivity (Wildman–Crippen MR) is 77.5 cm³/mol. The van der Waals surface area contributed by atoms with Gasteiger partial charge in [0.15, 0.2) is 10.8 Å². The van der Waals surface area contributed by atoms with Crippen LogP contribution in [0, 0.1) is 5.92 Å². The third-order valence-corrected chi connectivity index (χ3v) is 4.18. The van der Waals surface area contributed by atoms with Crippen LogP contribution in [-0.4, -0.2) is 38.7 Å². The molecule has 3 rings (SSSR count). The molecule has 0 bridgehead atoms. The summed E-state index contributed by atoms with van der Waals surface area (Å²) < 4.78 is 2.13. The first-order valence-electron chi connectivity index (χ1n) is 6.87. The molecule has 0 aromatic carbocycles. The molecule has 0 unspecified atom stereocenters. The number of carbonyl (C=O) groups excluding carboxylic acids is 1. The number of hydrogen-bond acceptors (Lipinski definition) is 3. The fraction of sp³-hybridized carbons (Fsp3) is 0.500. The maximum absolute atomic E-state index is 11.3. The van der Waals surface area contributed by atoms with Crippen LogP contribution < -0.4 is 0 Å². The zero-order chi connectivity index (χ0) is 14.1. The second-order valence-electron chi connectivity index (χ2n) is 5.36. The standard InChI is InChI=1S/C14H17ClN4O/c1-10(20)18-5-2-11(3-6-18)9-19-7-4-12-8-13(15)16-17-14(12)19/h4,7-8,11H,2-3,5-6,9H2,1H3. The van der Waals surface area contributed by atoms with Gasteiger partial charge in [-0.2, -0.15) is 0 Å². The summed E-state index contributed by atoms with van der Waals surface area (Å²) >= 11 is 5.85. The average molecular weight is 293 g/mol. The predicted octanol–water partition coefficient (Wildman–Crippen LogP) is 2.34. The van der Waals surface area contributed by atoms with Crippen LogP contribution >= 0.6 is 11.6 Å². The zero-order valence-corrected chi connectivity index (χ0v) is 12.2. The molecule has 0 atom stereocenters. The summed E-state index contributed by atoms with van der Waals surface area (Å²) in [7, 11) is 0. The van der Waals surface area contributed by atoms with E-state index in [1.807, 2.05) is 23.2 Å². The molecular formula is C14H17ClN4O. The molecule has 2 aromatic rings. The van der Waals surface area contributed by atoms with E-state index in [-0.39, 0.29) is 5.91 Å². The van der Waals surface area contributed by atoms with Crippen LogP contribution in [0.4, 0.5) is 0 Å². The van der Waals surface area contributed by atoms with Gasteiger partial charge in [-0.1, -0.05) is 11.6 Å². The van der Waals surface area contributed by atoms with E-state index in [1.165, 1.54) is 0 Å². The molecule has 1 amide bonds. The Kier molecular flexibility index (Phi) is 3.61. The van der Waals surface area contributed by atoms with Crippen molar-refractivity contribution in [2.45, 2.75) is 26.3 Å². The van der Waals surface area contributed by atoms with Gasteiger partial charge in [-0.25, -0.2) is 0 Å². The van der Waals surface area contributed by atoms with E-state index in [4.69, 9.17) is 11.6 Å². The van der Waals surface area contributed by atoms with Crippen molar-refractivity contribution in [2.24, 2.45) is 5.92 Å². The first-order valence-corrected chi connectivity index (χ1v) is 7.25. The number of amides is 1. The van der Waals surface area contributed by atoms with Crippen LogP contribution in [0.5, 0.6) is 0 Å².